The van der Waals surface area contributed by atoms with Crippen LogP contribution >= 0.6 is 0 Å². The van der Waals surface area contributed by atoms with Crippen LogP contribution in [0, 0.1) is 0 Å². The first-order valence-electron chi connectivity index (χ1n) is 8.36. The molecular formula is C21H25NO2. The second-order valence-electron chi connectivity index (χ2n) is 5.85. The third-order valence-corrected chi connectivity index (χ3v) is 3.87. The van der Waals surface area contributed by atoms with Gasteiger partial charge in [0.15, 0.2) is 0 Å². The Kier molecular flexibility index (Phi) is 6.62. The van der Waals surface area contributed by atoms with E-state index in [1.54, 1.807) is 13.2 Å². The Hall–Kier alpha value is -2.55. The summed E-state index contributed by atoms with van der Waals surface area (Å²) < 4.78 is 5.30. The molecule has 0 saturated heterocycles. The molecule has 2 rings (SSSR count). The van der Waals surface area contributed by atoms with E-state index in [0.717, 1.165) is 35.3 Å². The number of rotatable bonds is 7. The Labute approximate surface area is 144 Å². The zero-order valence-electron chi connectivity index (χ0n) is 14.6. The summed E-state index contributed by atoms with van der Waals surface area (Å²) in [7, 11) is 1.66. The molecule has 0 aliphatic heterocycles. The van der Waals surface area contributed by atoms with E-state index < -0.39 is 0 Å². The topological polar surface area (TPSA) is 38.3 Å². The Morgan fingerprint density at radius 1 is 1.21 bits per heavy atom. The van der Waals surface area contributed by atoms with Gasteiger partial charge in [0.25, 0.3) is 0 Å². The van der Waals surface area contributed by atoms with Gasteiger partial charge in [0.05, 0.1) is 7.11 Å². The second-order valence-corrected chi connectivity index (χ2v) is 5.85. The number of amides is 1. The number of hydrogen-bond acceptors (Lipinski definition) is 2. The van der Waals surface area contributed by atoms with Crippen LogP contribution < -0.4 is 10.1 Å². The summed E-state index contributed by atoms with van der Waals surface area (Å²) in [6, 6.07) is 16.1. The Bertz CT molecular complexity index is 706. The number of methoxy groups -OCH3 is 1. The molecule has 1 amide bonds. The first kappa shape index (κ1) is 17.8. The van der Waals surface area contributed by atoms with Crippen molar-refractivity contribution in [1.82, 2.24) is 5.32 Å². The fourth-order valence-electron chi connectivity index (χ4n) is 2.66. The van der Waals surface area contributed by atoms with Crippen molar-refractivity contribution in [3.05, 3.63) is 60.2 Å². The molecule has 0 aliphatic carbocycles. The van der Waals surface area contributed by atoms with Gasteiger partial charge in [-0.25, -0.2) is 0 Å². The highest BCUT2D eigenvalue weighted by Crippen LogP contribution is 2.27. The van der Waals surface area contributed by atoms with Crippen LogP contribution in [0.5, 0.6) is 5.75 Å². The van der Waals surface area contributed by atoms with E-state index in [1.807, 2.05) is 61.5 Å². The molecule has 2 aromatic rings. The van der Waals surface area contributed by atoms with Gasteiger partial charge in [0.1, 0.15) is 5.75 Å². The van der Waals surface area contributed by atoms with E-state index in [9.17, 15) is 4.79 Å². The smallest absolute Gasteiger partial charge is 0.244 e. The molecule has 0 radical (unpaired) electrons. The Balaban J connectivity index is 2.19. The molecule has 0 aromatic heterocycles. The SMILES string of the molecule is CCCC(C)NC(=O)/C=C/c1ccccc1-c1cccc(OC)c1. The van der Waals surface area contributed by atoms with Crippen molar-refractivity contribution >= 4 is 12.0 Å². The van der Waals surface area contributed by atoms with Crippen LogP contribution in [-0.2, 0) is 4.79 Å². The van der Waals surface area contributed by atoms with Crippen LogP contribution in [0.2, 0.25) is 0 Å². The highest BCUT2D eigenvalue weighted by atomic mass is 16.5. The summed E-state index contributed by atoms with van der Waals surface area (Å²) in [4.78, 5) is 12.0. The molecule has 3 nitrogen and oxygen atoms in total. The Morgan fingerprint density at radius 3 is 2.75 bits per heavy atom. The van der Waals surface area contributed by atoms with Crippen molar-refractivity contribution in [2.75, 3.05) is 7.11 Å². The minimum Gasteiger partial charge on any atom is -0.497 e. The highest BCUT2D eigenvalue weighted by Gasteiger charge is 2.06. The zero-order chi connectivity index (χ0) is 17.4. The number of nitrogens with one attached hydrogen (secondary N) is 1. The van der Waals surface area contributed by atoms with Crippen LogP contribution in [0.15, 0.2) is 54.6 Å². The number of hydrogen-bond donors (Lipinski definition) is 1. The molecule has 3 heteroatoms. The molecule has 0 heterocycles. The van der Waals surface area contributed by atoms with Crippen molar-refractivity contribution < 1.29 is 9.53 Å². The average molecular weight is 323 g/mol. The molecule has 1 atom stereocenters. The molecule has 0 saturated carbocycles. The quantitative estimate of drug-likeness (QED) is 0.751. The van der Waals surface area contributed by atoms with E-state index in [-0.39, 0.29) is 11.9 Å². The molecule has 0 bridgehead atoms. The fraction of sp³-hybridized carbons (Fsp3) is 0.286. The number of ether oxygens (including phenoxy) is 1. The molecule has 0 aliphatic rings. The third kappa shape index (κ3) is 4.98. The van der Waals surface area contributed by atoms with E-state index in [2.05, 4.69) is 12.2 Å². The number of benzene rings is 2. The standard InChI is InChI=1S/C21H25NO2/c1-4-8-16(2)22-21(23)14-13-17-9-5-6-12-20(17)18-10-7-11-19(15-18)24-3/h5-7,9-16H,4,8H2,1-3H3,(H,22,23)/b14-13+. The van der Waals surface area contributed by atoms with Gasteiger partial charge in [-0.15, -0.1) is 0 Å². The normalized spacial score (nSPS) is 12.1. The van der Waals surface area contributed by atoms with Crippen LogP contribution in [0.25, 0.3) is 17.2 Å². The zero-order valence-corrected chi connectivity index (χ0v) is 14.6. The summed E-state index contributed by atoms with van der Waals surface area (Å²) in [5, 5.41) is 2.98. The lowest BCUT2D eigenvalue weighted by Crippen LogP contribution is -2.30. The maximum Gasteiger partial charge on any atom is 0.244 e. The molecule has 1 N–H and O–H groups in total. The predicted octanol–water partition coefficient (Wildman–Crippen LogP) is 4.68. The lowest BCUT2D eigenvalue weighted by atomic mass is 9.99. The van der Waals surface area contributed by atoms with Crippen LogP contribution in [0.4, 0.5) is 0 Å². The lowest BCUT2D eigenvalue weighted by molar-refractivity contribution is -0.117. The summed E-state index contributed by atoms with van der Waals surface area (Å²) in [5.74, 6) is 0.758. The van der Waals surface area contributed by atoms with Crippen LogP contribution in [-0.4, -0.2) is 19.1 Å². The summed E-state index contributed by atoms with van der Waals surface area (Å²) in [6.07, 6.45) is 5.51. The maximum atomic E-state index is 12.0. The maximum absolute atomic E-state index is 12.0. The van der Waals surface area contributed by atoms with E-state index in [4.69, 9.17) is 4.74 Å². The largest absolute Gasteiger partial charge is 0.497 e. The summed E-state index contributed by atoms with van der Waals surface area (Å²) in [6.45, 7) is 4.14. The predicted molar refractivity (Wildman–Crippen MR) is 100.0 cm³/mol. The number of carbonyl (C=O) groups is 1. The van der Waals surface area contributed by atoms with Crippen molar-refractivity contribution in [2.45, 2.75) is 32.7 Å². The second kappa shape index (κ2) is 8.92. The van der Waals surface area contributed by atoms with Gasteiger partial charge in [0.2, 0.25) is 5.91 Å². The van der Waals surface area contributed by atoms with Gasteiger partial charge in [-0.1, -0.05) is 49.7 Å². The van der Waals surface area contributed by atoms with Gasteiger partial charge in [-0.05, 0) is 48.2 Å². The van der Waals surface area contributed by atoms with Gasteiger partial charge in [-0.2, -0.15) is 0 Å². The average Bonchev–Trinajstić information content (AvgIpc) is 2.60. The van der Waals surface area contributed by atoms with Crippen LogP contribution in [0.1, 0.15) is 32.3 Å². The summed E-state index contributed by atoms with van der Waals surface area (Å²) in [5.41, 5.74) is 3.14. The van der Waals surface area contributed by atoms with E-state index >= 15 is 0 Å². The molecule has 1 unspecified atom stereocenters. The first-order chi connectivity index (χ1) is 11.6. The van der Waals surface area contributed by atoms with Gasteiger partial charge in [-0.3, -0.25) is 4.79 Å². The van der Waals surface area contributed by atoms with Gasteiger partial charge in [0, 0.05) is 12.1 Å². The van der Waals surface area contributed by atoms with Gasteiger partial charge < -0.3 is 10.1 Å². The fourth-order valence-corrected chi connectivity index (χ4v) is 2.66. The van der Waals surface area contributed by atoms with Crippen molar-refractivity contribution in [1.29, 1.82) is 0 Å². The third-order valence-electron chi connectivity index (χ3n) is 3.87. The van der Waals surface area contributed by atoms with Crippen molar-refractivity contribution in [2.24, 2.45) is 0 Å². The van der Waals surface area contributed by atoms with E-state index in [0.29, 0.717) is 0 Å². The highest BCUT2D eigenvalue weighted by molar-refractivity contribution is 5.93. The Morgan fingerprint density at radius 2 is 2.00 bits per heavy atom. The first-order valence-corrected chi connectivity index (χ1v) is 8.36. The lowest BCUT2D eigenvalue weighted by Gasteiger charge is -2.11. The molecule has 126 valence electrons. The summed E-state index contributed by atoms with van der Waals surface area (Å²) >= 11 is 0. The number of carbonyl (C=O) groups excluding carboxylic acids is 1. The molecule has 0 fully saturated rings. The molecule has 0 spiro atoms. The minimum atomic E-state index is -0.0589. The van der Waals surface area contributed by atoms with E-state index in [1.165, 1.54) is 0 Å². The molecular weight excluding hydrogens is 298 g/mol. The van der Waals surface area contributed by atoms with Crippen molar-refractivity contribution in [3.8, 4) is 16.9 Å². The molecule has 2 aromatic carbocycles. The minimum absolute atomic E-state index is 0.0589. The monoisotopic (exact) mass is 323 g/mol. The van der Waals surface area contributed by atoms with Gasteiger partial charge >= 0.3 is 0 Å². The van der Waals surface area contributed by atoms with Crippen molar-refractivity contribution in [3.63, 3.8) is 0 Å². The van der Waals surface area contributed by atoms with Crippen LogP contribution in [0.3, 0.4) is 0 Å². The molecule has 24 heavy (non-hydrogen) atoms.